The zero-order valence-corrected chi connectivity index (χ0v) is 21.0. The average molecular weight is 531 g/mol. The number of carbonyl (C=O) groups excluding carboxylic acids is 1. The summed E-state index contributed by atoms with van der Waals surface area (Å²) in [7, 11) is 3.04. The van der Waals surface area contributed by atoms with Crippen LogP contribution in [0.15, 0.2) is 79.5 Å². The molecule has 0 bridgehead atoms. The molecule has 3 heterocycles. The van der Waals surface area contributed by atoms with E-state index in [-0.39, 0.29) is 44.9 Å². The number of benzene rings is 3. The minimum atomic E-state index is -0.760. The number of halogens is 1. The Hall–Kier alpha value is -4.56. The van der Waals surface area contributed by atoms with Crippen LogP contribution in [0.5, 0.6) is 17.2 Å². The third kappa shape index (κ3) is 3.72. The number of methoxy groups -OCH3 is 2. The predicted octanol–water partition coefficient (Wildman–Crippen LogP) is 5.68. The molecule has 1 aliphatic rings. The predicted molar refractivity (Wildman–Crippen MR) is 141 cm³/mol. The van der Waals surface area contributed by atoms with E-state index in [0.29, 0.717) is 38.8 Å². The van der Waals surface area contributed by atoms with Crippen LogP contribution in [0.2, 0.25) is 5.02 Å². The highest BCUT2D eigenvalue weighted by molar-refractivity contribution is 6.31. The van der Waals surface area contributed by atoms with Gasteiger partial charge in [0, 0.05) is 22.1 Å². The van der Waals surface area contributed by atoms with Gasteiger partial charge in [-0.3, -0.25) is 14.4 Å². The Bertz CT molecular complexity index is 1880. The molecular formula is C29H19ClO8. The summed E-state index contributed by atoms with van der Waals surface area (Å²) in [6.45, 7) is 0. The van der Waals surface area contributed by atoms with E-state index in [1.807, 2.05) is 0 Å². The fourth-order valence-electron chi connectivity index (χ4n) is 4.88. The molecule has 6 rings (SSSR count). The van der Waals surface area contributed by atoms with Crippen LogP contribution in [-0.4, -0.2) is 20.2 Å². The quantitative estimate of drug-likeness (QED) is 0.216. The summed E-state index contributed by atoms with van der Waals surface area (Å²) in [6.07, 6.45) is 2.55. The van der Waals surface area contributed by atoms with Crippen molar-refractivity contribution in [2.75, 3.05) is 14.2 Å². The molecular weight excluding hydrogens is 512 g/mol. The second-order valence-corrected chi connectivity index (χ2v) is 9.23. The summed E-state index contributed by atoms with van der Waals surface area (Å²) in [4.78, 5) is 39.6. The fourth-order valence-corrected chi connectivity index (χ4v) is 5.05. The molecule has 0 saturated heterocycles. The molecule has 190 valence electrons. The van der Waals surface area contributed by atoms with Gasteiger partial charge < -0.3 is 23.0 Å². The fraction of sp³-hybridized carbons (Fsp3) is 0.138. The Morgan fingerprint density at radius 3 is 2.45 bits per heavy atom. The second-order valence-electron chi connectivity index (χ2n) is 8.79. The first kappa shape index (κ1) is 23.8. The summed E-state index contributed by atoms with van der Waals surface area (Å²) in [5.41, 5.74) is 1.50. The topological polar surface area (TPSA) is 105 Å². The van der Waals surface area contributed by atoms with Crippen LogP contribution in [0.4, 0.5) is 0 Å². The summed E-state index contributed by atoms with van der Waals surface area (Å²) in [5.74, 6) is -0.0755. The van der Waals surface area contributed by atoms with E-state index in [1.54, 1.807) is 36.4 Å². The summed E-state index contributed by atoms with van der Waals surface area (Å²) >= 11 is 6.11. The third-order valence-corrected chi connectivity index (χ3v) is 6.95. The van der Waals surface area contributed by atoms with Crippen molar-refractivity contribution in [2.45, 2.75) is 12.3 Å². The molecule has 3 aromatic carbocycles. The number of ether oxygens (including phenoxy) is 3. The highest BCUT2D eigenvalue weighted by Crippen LogP contribution is 2.42. The van der Waals surface area contributed by atoms with Crippen LogP contribution in [0.25, 0.3) is 33.1 Å². The van der Waals surface area contributed by atoms with Crippen molar-refractivity contribution >= 4 is 39.5 Å². The normalized spacial score (nSPS) is 14.8. The molecule has 0 N–H and O–H groups in total. The number of hydrogen-bond donors (Lipinski definition) is 0. The summed E-state index contributed by atoms with van der Waals surface area (Å²) in [6, 6.07) is 12.9. The largest absolute Gasteiger partial charge is 0.493 e. The van der Waals surface area contributed by atoms with E-state index in [9.17, 15) is 14.4 Å². The van der Waals surface area contributed by atoms with E-state index in [4.69, 9.17) is 34.6 Å². The van der Waals surface area contributed by atoms with E-state index >= 15 is 0 Å². The van der Waals surface area contributed by atoms with Crippen molar-refractivity contribution < 1.29 is 27.8 Å². The Morgan fingerprint density at radius 1 is 0.842 bits per heavy atom. The van der Waals surface area contributed by atoms with Crippen LogP contribution in [0.3, 0.4) is 0 Å². The van der Waals surface area contributed by atoms with Crippen molar-refractivity contribution in [2.24, 2.45) is 0 Å². The van der Waals surface area contributed by atoms with Crippen LogP contribution in [0, 0.1) is 0 Å². The molecule has 0 amide bonds. The number of rotatable bonds is 4. The standard InChI is InChI=1S/C29H19ClO8/c1-34-22-6-3-14(9-24(22)35-2)19-12-37-29-16(27(19)32)5-8-23-26(29)17(11-25(31)38-23)20-13-36-21-7-4-15(30)10-18(21)28(20)33/h3-10,12-13,17H,11H2,1-2H3/t17-/m0/s1. The lowest BCUT2D eigenvalue weighted by Gasteiger charge is -2.25. The van der Waals surface area contributed by atoms with E-state index in [2.05, 4.69) is 0 Å². The van der Waals surface area contributed by atoms with Gasteiger partial charge in [-0.1, -0.05) is 17.7 Å². The van der Waals surface area contributed by atoms with Crippen LogP contribution < -0.4 is 25.1 Å². The molecule has 0 aliphatic carbocycles. The van der Waals surface area contributed by atoms with Crippen molar-refractivity contribution in [3.63, 3.8) is 0 Å². The molecule has 38 heavy (non-hydrogen) atoms. The minimum absolute atomic E-state index is 0.135. The molecule has 2 aromatic heterocycles. The van der Waals surface area contributed by atoms with Gasteiger partial charge in [-0.25, -0.2) is 0 Å². The lowest BCUT2D eigenvalue weighted by Crippen LogP contribution is -2.25. The summed E-state index contributed by atoms with van der Waals surface area (Å²) < 4.78 is 27.9. The molecule has 0 fully saturated rings. The summed E-state index contributed by atoms with van der Waals surface area (Å²) in [5, 5.41) is 0.935. The maximum absolute atomic E-state index is 13.6. The van der Waals surface area contributed by atoms with Crippen LogP contribution in [-0.2, 0) is 4.79 Å². The lowest BCUT2D eigenvalue weighted by molar-refractivity contribution is -0.135. The monoisotopic (exact) mass is 530 g/mol. The Labute approximate surface area is 219 Å². The van der Waals surface area contributed by atoms with E-state index in [1.165, 1.54) is 38.9 Å². The van der Waals surface area contributed by atoms with Crippen LogP contribution in [0.1, 0.15) is 23.5 Å². The third-order valence-electron chi connectivity index (χ3n) is 6.71. The smallest absolute Gasteiger partial charge is 0.312 e. The molecule has 1 atom stereocenters. The molecule has 0 spiro atoms. The van der Waals surface area contributed by atoms with Gasteiger partial charge in [0.2, 0.25) is 5.43 Å². The van der Waals surface area contributed by atoms with Gasteiger partial charge in [-0.2, -0.15) is 0 Å². The first-order valence-corrected chi connectivity index (χ1v) is 12.0. The number of hydrogen-bond acceptors (Lipinski definition) is 8. The number of carbonyl (C=O) groups is 1. The zero-order chi connectivity index (χ0) is 26.6. The van der Waals surface area contributed by atoms with Gasteiger partial charge >= 0.3 is 5.97 Å². The number of fused-ring (bicyclic) bond motifs is 4. The zero-order valence-electron chi connectivity index (χ0n) is 20.2. The van der Waals surface area contributed by atoms with Gasteiger partial charge in [0.25, 0.3) is 0 Å². The van der Waals surface area contributed by atoms with E-state index in [0.717, 1.165) is 0 Å². The van der Waals surface area contributed by atoms with Gasteiger partial charge in [-0.15, -0.1) is 0 Å². The first-order chi connectivity index (χ1) is 18.4. The van der Waals surface area contributed by atoms with Crippen molar-refractivity contribution in [3.8, 4) is 28.4 Å². The Morgan fingerprint density at radius 2 is 1.66 bits per heavy atom. The van der Waals surface area contributed by atoms with E-state index < -0.39 is 11.9 Å². The van der Waals surface area contributed by atoms with Crippen molar-refractivity contribution in [3.05, 3.63) is 97.7 Å². The van der Waals surface area contributed by atoms with Crippen LogP contribution >= 0.6 is 11.6 Å². The number of esters is 1. The highest BCUT2D eigenvalue weighted by atomic mass is 35.5. The maximum Gasteiger partial charge on any atom is 0.312 e. The SMILES string of the molecule is COc1ccc(-c2coc3c4c(ccc3c2=O)OC(=O)C[C@H]4c2coc3ccc(Cl)cc3c2=O)cc1OC. The highest BCUT2D eigenvalue weighted by Gasteiger charge is 2.34. The van der Waals surface area contributed by atoms with Crippen molar-refractivity contribution in [1.82, 2.24) is 0 Å². The van der Waals surface area contributed by atoms with Gasteiger partial charge in [0.05, 0.1) is 43.2 Å². The average Bonchev–Trinajstić information content (AvgIpc) is 2.92. The molecule has 0 saturated carbocycles. The van der Waals surface area contributed by atoms with Gasteiger partial charge in [-0.05, 0) is 48.0 Å². The molecule has 5 aromatic rings. The van der Waals surface area contributed by atoms with Gasteiger partial charge in [0.15, 0.2) is 16.9 Å². The molecule has 0 unspecified atom stereocenters. The molecule has 8 nitrogen and oxygen atoms in total. The Balaban J connectivity index is 1.56. The maximum atomic E-state index is 13.6. The second kappa shape index (κ2) is 9.08. The Kier molecular flexibility index (Phi) is 5.69. The molecule has 1 aliphatic heterocycles. The van der Waals surface area contributed by atoms with Crippen molar-refractivity contribution in [1.29, 1.82) is 0 Å². The lowest BCUT2D eigenvalue weighted by atomic mass is 9.85. The van der Waals surface area contributed by atoms with Gasteiger partial charge in [0.1, 0.15) is 23.2 Å². The first-order valence-electron chi connectivity index (χ1n) is 11.6. The molecule has 0 radical (unpaired) electrons. The molecule has 9 heteroatoms. The minimum Gasteiger partial charge on any atom is -0.493 e.